The first-order valence-electron chi connectivity index (χ1n) is 9.41. The van der Waals surface area contributed by atoms with Crippen LogP contribution >= 0.6 is 0 Å². The maximum absolute atomic E-state index is 13.0. The molecule has 1 aromatic carbocycles. The molecule has 1 aromatic heterocycles. The number of carbonyl (C=O) groups is 1. The predicted octanol–water partition coefficient (Wildman–Crippen LogP) is 2.69. The molecule has 1 aliphatic heterocycles. The van der Waals surface area contributed by atoms with E-state index in [1.54, 1.807) is 43.5 Å². The second kappa shape index (κ2) is 7.67. The lowest BCUT2D eigenvalue weighted by Crippen LogP contribution is -2.34. The van der Waals surface area contributed by atoms with E-state index in [0.717, 1.165) is 28.1 Å². The Morgan fingerprint density at radius 1 is 1.34 bits per heavy atom. The third kappa shape index (κ3) is 3.94. The zero-order valence-electron chi connectivity index (χ0n) is 17.7. The van der Waals surface area contributed by atoms with Crippen LogP contribution in [-0.2, 0) is 23.0 Å². The van der Waals surface area contributed by atoms with Gasteiger partial charge in [-0.25, -0.2) is 8.42 Å². The van der Waals surface area contributed by atoms with E-state index in [1.165, 1.54) is 10.6 Å². The van der Waals surface area contributed by atoms with Crippen molar-refractivity contribution in [1.29, 1.82) is 0 Å². The Labute approximate surface area is 172 Å². The van der Waals surface area contributed by atoms with Gasteiger partial charge in [0.25, 0.3) is 5.91 Å². The van der Waals surface area contributed by atoms with Crippen LogP contribution in [0.1, 0.15) is 39.7 Å². The number of aryl methyl sites for hydroxylation is 1. The SMILES string of the molecule is COc1c(C)cnc(CN(C)C(=O)c2ccc3c(c2)CC(C)N3S(C)(=O)=O)c1C. The molecule has 1 atom stereocenters. The van der Waals surface area contributed by atoms with Gasteiger partial charge in [0.15, 0.2) is 0 Å². The molecule has 1 amide bonds. The van der Waals surface area contributed by atoms with Crippen molar-refractivity contribution in [3.05, 3.63) is 52.3 Å². The van der Waals surface area contributed by atoms with Gasteiger partial charge in [0.1, 0.15) is 5.75 Å². The number of rotatable bonds is 5. The zero-order valence-corrected chi connectivity index (χ0v) is 18.5. The molecule has 7 nitrogen and oxygen atoms in total. The van der Waals surface area contributed by atoms with Crippen LogP contribution in [-0.4, -0.2) is 50.7 Å². The van der Waals surface area contributed by atoms with Crippen molar-refractivity contribution in [3.63, 3.8) is 0 Å². The largest absolute Gasteiger partial charge is 0.496 e. The van der Waals surface area contributed by atoms with Crippen LogP contribution in [0.3, 0.4) is 0 Å². The van der Waals surface area contributed by atoms with Crippen molar-refractivity contribution < 1.29 is 17.9 Å². The van der Waals surface area contributed by atoms with Gasteiger partial charge in [-0.1, -0.05) is 0 Å². The molecule has 8 heteroatoms. The Kier molecular flexibility index (Phi) is 5.58. The highest BCUT2D eigenvalue weighted by Gasteiger charge is 2.33. The summed E-state index contributed by atoms with van der Waals surface area (Å²) in [4.78, 5) is 19.0. The smallest absolute Gasteiger partial charge is 0.253 e. The third-order valence-corrected chi connectivity index (χ3v) is 6.59. The Bertz CT molecular complexity index is 1070. The lowest BCUT2D eigenvalue weighted by Gasteiger charge is -2.22. The molecule has 0 aliphatic carbocycles. The second-order valence-corrected chi connectivity index (χ2v) is 9.52. The minimum absolute atomic E-state index is 0.140. The van der Waals surface area contributed by atoms with Gasteiger partial charge < -0.3 is 9.64 Å². The predicted molar refractivity (Wildman–Crippen MR) is 113 cm³/mol. The average Bonchev–Trinajstić information content (AvgIpc) is 2.98. The van der Waals surface area contributed by atoms with Crippen LogP contribution in [0.15, 0.2) is 24.4 Å². The monoisotopic (exact) mass is 417 g/mol. The quantitative estimate of drug-likeness (QED) is 0.747. The summed E-state index contributed by atoms with van der Waals surface area (Å²) in [6.45, 7) is 6.09. The van der Waals surface area contributed by atoms with E-state index in [4.69, 9.17) is 4.74 Å². The summed E-state index contributed by atoms with van der Waals surface area (Å²) >= 11 is 0. The highest BCUT2D eigenvalue weighted by Crippen LogP contribution is 2.35. The summed E-state index contributed by atoms with van der Waals surface area (Å²) < 4.78 is 31.0. The number of amides is 1. The summed E-state index contributed by atoms with van der Waals surface area (Å²) in [7, 11) is 0.00256. The fraction of sp³-hybridized carbons (Fsp3) is 0.429. The number of aromatic nitrogens is 1. The van der Waals surface area contributed by atoms with E-state index in [1.807, 2.05) is 20.8 Å². The van der Waals surface area contributed by atoms with Gasteiger partial charge >= 0.3 is 0 Å². The van der Waals surface area contributed by atoms with E-state index in [-0.39, 0.29) is 11.9 Å². The molecule has 3 rings (SSSR count). The van der Waals surface area contributed by atoms with E-state index >= 15 is 0 Å². The van der Waals surface area contributed by atoms with Crippen LogP contribution in [0, 0.1) is 13.8 Å². The first-order valence-corrected chi connectivity index (χ1v) is 11.3. The number of anilines is 1. The number of ether oxygens (including phenoxy) is 1. The molecule has 156 valence electrons. The number of sulfonamides is 1. The molecule has 0 saturated carbocycles. The maximum Gasteiger partial charge on any atom is 0.253 e. The van der Waals surface area contributed by atoms with Gasteiger partial charge in [0.2, 0.25) is 10.0 Å². The maximum atomic E-state index is 13.0. The molecule has 0 N–H and O–H groups in total. The van der Waals surface area contributed by atoms with Crippen molar-refractivity contribution in [3.8, 4) is 5.75 Å². The second-order valence-electron chi connectivity index (χ2n) is 7.66. The molecule has 0 saturated heterocycles. The van der Waals surface area contributed by atoms with E-state index in [0.29, 0.717) is 24.2 Å². The highest BCUT2D eigenvalue weighted by atomic mass is 32.2. The Morgan fingerprint density at radius 3 is 2.66 bits per heavy atom. The van der Waals surface area contributed by atoms with Crippen LogP contribution in [0.2, 0.25) is 0 Å². The normalized spacial score (nSPS) is 15.9. The van der Waals surface area contributed by atoms with Gasteiger partial charge in [0, 0.05) is 36.0 Å². The van der Waals surface area contributed by atoms with Gasteiger partial charge in [-0.2, -0.15) is 0 Å². The molecule has 1 aliphatic rings. The topological polar surface area (TPSA) is 79.8 Å². The zero-order chi connectivity index (χ0) is 21.5. The van der Waals surface area contributed by atoms with Gasteiger partial charge in [0.05, 0.1) is 31.3 Å². The van der Waals surface area contributed by atoms with Crippen LogP contribution < -0.4 is 9.04 Å². The first kappa shape index (κ1) is 21.1. The van der Waals surface area contributed by atoms with Crippen molar-refractivity contribution >= 4 is 21.6 Å². The van der Waals surface area contributed by atoms with Crippen LogP contribution in [0.5, 0.6) is 5.75 Å². The Morgan fingerprint density at radius 2 is 2.03 bits per heavy atom. The molecule has 0 fully saturated rings. The molecule has 1 unspecified atom stereocenters. The van der Waals surface area contributed by atoms with Crippen LogP contribution in [0.25, 0.3) is 0 Å². The molecule has 0 bridgehead atoms. The summed E-state index contributed by atoms with van der Waals surface area (Å²) in [5.41, 5.74) is 4.70. The fourth-order valence-electron chi connectivity index (χ4n) is 3.99. The average molecular weight is 418 g/mol. The lowest BCUT2D eigenvalue weighted by molar-refractivity contribution is 0.0783. The Hall–Kier alpha value is -2.61. The number of fused-ring (bicyclic) bond motifs is 1. The summed E-state index contributed by atoms with van der Waals surface area (Å²) in [6.07, 6.45) is 3.54. The summed E-state index contributed by atoms with van der Waals surface area (Å²) in [6, 6.07) is 5.05. The molecule has 2 aromatic rings. The number of pyridine rings is 1. The Balaban J connectivity index is 1.84. The number of hydrogen-bond acceptors (Lipinski definition) is 5. The summed E-state index contributed by atoms with van der Waals surface area (Å²) in [5.74, 6) is 0.641. The molecule has 29 heavy (non-hydrogen) atoms. The van der Waals surface area contributed by atoms with Crippen molar-refractivity contribution in [1.82, 2.24) is 9.88 Å². The van der Waals surface area contributed by atoms with E-state index in [9.17, 15) is 13.2 Å². The van der Waals surface area contributed by atoms with Crippen molar-refractivity contribution in [2.24, 2.45) is 0 Å². The molecule has 0 spiro atoms. The standard InChI is InChI=1S/C21H27N3O4S/c1-13-11-22-18(15(3)20(13)28-5)12-23(4)21(25)16-7-8-19-17(10-16)9-14(2)24(19)29(6,26)27/h7-8,10-11,14H,9,12H2,1-6H3. The first-order chi connectivity index (χ1) is 13.5. The fourth-order valence-corrected chi connectivity index (χ4v) is 5.25. The minimum atomic E-state index is -3.35. The summed E-state index contributed by atoms with van der Waals surface area (Å²) in [5, 5.41) is 0. The van der Waals surface area contributed by atoms with Crippen molar-refractivity contribution in [2.45, 2.75) is 39.8 Å². The highest BCUT2D eigenvalue weighted by molar-refractivity contribution is 7.92. The third-order valence-electron chi connectivity index (χ3n) is 5.32. The van der Waals surface area contributed by atoms with Gasteiger partial charge in [-0.3, -0.25) is 14.1 Å². The molecular weight excluding hydrogens is 390 g/mol. The lowest BCUT2D eigenvalue weighted by atomic mass is 10.1. The number of carbonyl (C=O) groups excluding carboxylic acids is 1. The molecular formula is C21H27N3O4S. The van der Waals surface area contributed by atoms with Gasteiger partial charge in [-0.15, -0.1) is 0 Å². The minimum Gasteiger partial charge on any atom is -0.496 e. The number of methoxy groups -OCH3 is 1. The van der Waals surface area contributed by atoms with Crippen molar-refractivity contribution in [2.75, 3.05) is 24.7 Å². The molecule has 0 radical (unpaired) electrons. The number of hydrogen-bond donors (Lipinski definition) is 0. The van der Waals surface area contributed by atoms with Gasteiger partial charge in [-0.05, 0) is 51.0 Å². The van der Waals surface area contributed by atoms with E-state index < -0.39 is 10.0 Å². The number of nitrogens with zero attached hydrogens (tertiary/aromatic N) is 3. The van der Waals surface area contributed by atoms with Crippen LogP contribution in [0.4, 0.5) is 5.69 Å². The number of benzene rings is 1. The molecule has 2 heterocycles. The van der Waals surface area contributed by atoms with E-state index in [2.05, 4.69) is 4.98 Å².